The predicted octanol–water partition coefficient (Wildman–Crippen LogP) is 6.86. The van der Waals surface area contributed by atoms with Gasteiger partial charge >= 0.3 is 0 Å². The third kappa shape index (κ3) is 2.76. The second-order valence-corrected chi connectivity index (χ2v) is 6.76. The van der Waals surface area contributed by atoms with Gasteiger partial charge in [-0.3, -0.25) is 0 Å². The summed E-state index contributed by atoms with van der Waals surface area (Å²) in [7, 11) is 0. The molecule has 0 unspecified atom stereocenters. The summed E-state index contributed by atoms with van der Waals surface area (Å²) in [6.45, 7) is 2.18. The van der Waals surface area contributed by atoms with E-state index in [4.69, 9.17) is 4.74 Å². The maximum Gasteiger partial charge on any atom is 0.131 e. The minimum atomic E-state index is 0.847. The number of fused-ring (bicyclic) bond motifs is 2. The van der Waals surface area contributed by atoms with Gasteiger partial charge in [0.1, 0.15) is 11.5 Å². The first-order valence-electron chi connectivity index (χ1n) is 9.12. The normalized spacial score (nSPS) is 11.1. The van der Waals surface area contributed by atoms with Crippen LogP contribution in [0.2, 0.25) is 0 Å². The molecule has 5 rings (SSSR count). The number of aromatic nitrogens is 1. The first-order chi connectivity index (χ1) is 13.3. The van der Waals surface area contributed by atoms with Gasteiger partial charge in [0.15, 0.2) is 0 Å². The molecule has 27 heavy (non-hydrogen) atoms. The molecule has 0 amide bonds. The summed E-state index contributed by atoms with van der Waals surface area (Å²) >= 11 is 0. The van der Waals surface area contributed by atoms with Gasteiger partial charge in [0.25, 0.3) is 0 Å². The van der Waals surface area contributed by atoms with E-state index in [0.717, 1.165) is 17.0 Å². The Bertz CT molecular complexity index is 1250. The number of pyridine rings is 1. The van der Waals surface area contributed by atoms with Gasteiger partial charge in [0.2, 0.25) is 0 Å². The number of para-hydroxylation sites is 1. The zero-order chi connectivity index (χ0) is 18.2. The lowest BCUT2D eigenvalue weighted by molar-refractivity contribution is 0.482. The van der Waals surface area contributed by atoms with Crippen molar-refractivity contribution in [3.63, 3.8) is 0 Å². The van der Waals surface area contributed by atoms with E-state index in [1.807, 2.05) is 36.4 Å². The quantitative estimate of drug-likeness (QED) is 0.347. The van der Waals surface area contributed by atoms with Gasteiger partial charge in [0.05, 0.1) is 5.52 Å². The van der Waals surface area contributed by atoms with Gasteiger partial charge < -0.3 is 9.14 Å². The maximum atomic E-state index is 6.01. The average molecular weight is 349 g/mol. The number of nitrogens with zero attached hydrogens (tertiary/aromatic N) is 1. The fourth-order valence-electron chi connectivity index (χ4n) is 3.70. The van der Waals surface area contributed by atoms with Crippen LogP contribution in [0.25, 0.3) is 27.4 Å². The lowest BCUT2D eigenvalue weighted by Crippen LogP contribution is -1.87. The third-order valence-corrected chi connectivity index (χ3v) is 5.07. The molecule has 0 aliphatic carbocycles. The van der Waals surface area contributed by atoms with Gasteiger partial charge in [-0.1, -0.05) is 60.7 Å². The highest BCUT2D eigenvalue weighted by Crippen LogP contribution is 2.35. The largest absolute Gasteiger partial charge is 0.457 e. The van der Waals surface area contributed by atoms with Crippen molar-refractivity contribution in [2.45, 2.75) is 6.92 Å². The maximum absolute atomic E-state index is 6.01. The van der Waals surface area contributed by atoms with E-state index >= 15 is 0 Å². The van der Waals surface area contributed by atoms with Crippen LogP contribution in [0.5, 0.6) is 11.5 Å². The topological polar surface area (TPSA) is 13.6 Å². The summed E-state index contributed by atoms with van der Waals surface area (Å²) in [6, 6.07) is 29.0. The minimum Gasteiger partial charge on any atom is -0.457 e. The Kier molecular flexibility index (Phi) is 3.68. The number of aryl methyl sites for hydroxylation is 1. The molecular formula is C25H19NO. The van der Waals surface area contributed by atoms with E-state index in [2.05, 4.69) is 72.2 Å². The van der Waals surface area contributed by atoms with Crippen molar-refractivity contribution in [2.24, 2.45) is 0 Å². The molecule has 2 heterocycles. The second-order valence-electron chi connectivity index (χ2n) is 6.76. The minimum absolute atomic E-state index is 0.847. The van der Waals surface area contributed by atoms with E-state index in [9.17, 15) is 0 Å². The molecule has 0 fully saturated rings. The Hall–Kier alpha value is -3.52. The number of hydrogen-bond acceptors (Lipinski definition) is 1. The molecule has 0 bridgehead atoms. The highest BCUT2D eigenvalue weighted by molar-refractivity contribution is 5.98. The van der Waals surface area contributed by atoms with Crippen LogP contribution >= 0.6 is 0 Å². The zero-order valence-electron chi connectivity index (χ0n) is 15.1. The van der Waals surface area contributed by atoms with Crippen molar-refractivity contribution >= 4 is 16.3 Å². The lowest BCUT2D eigenvalue weighted by atomic mass is 9.98. The molecule has 2 nitrogen and oxygen atoms in total. The zero-order valence-corrected chi connectivity index (χ0v) is 15.1. The van der Waals surface area contributed by atoms with Crippen LogP contribution in [0, 0.1) is 6.92 Å². The van der Waals surface area contributed by atoms with Crippen molar-refractivity contribution < 1.29 is 4.74 Å². The van der Waals surface area contributed by atoms with Crippen molar-refractivity contribution in [2.75, 3.05) is 0 Å². The smallest absolute Gasteiger partial charge is 0.131 e. The molecule has 5 aromatic rings. The second kappa shape index (κ2) is 6.33. The Balaban J connectivity index is 1.63. The SMILES string of the molecule is Cc1c(-c2cccc3ccccc23)cn2ccc(Oc3ccccc3)cc12. The molecule has 2 heteroatoms. The first-order valence-corrected chi connectivity index (χ1v) is 9.12. The fourth-order valence-corrected chi connectivity index (χ4v) is 3.70. The molecule has 3 aromatic carbocycles. The predicted molar refractivity (Wildman–Crippen MR) is 112 cm³/mol. The molecule has 0 atom stereocenters. The number of rotatable bonds is 3. The summed E-state index contributed by atoms with van der Waals surface area (Å²) in [5.74, 6) is 1.69. The van der Waals surface area contributed by atoms with E-state index < -0.39 is 0 Å². The molecule has 0 N–H and O–H groups in total. The molecule has 0 saturated carbocycles. The summed E-state index contributed by atoms with van der Waals surface area (Å²) in [5, 5.41) is 2.54. The molecule has 2 aromatic heterocycles. The third-order valence-electron chi connectivity index (χ3n) is 5.07. The summed E-state index contributed by atoms with van der Waals surface area (Å²) in [4.78, 5) is 0. The van der Waals surface area contributed by atoms with Crippen LogP contribution in [0.1, 0.15) is 5.56 Å². The van der Waals surface area contributed by atoms with E-state index in [-0.39, 0.29) is 0 Å². The van der Waals surface area contributed by atoms with Crippen LogP contribution in [0.4, 0.5) is 0 Å². The monoisotopic (exact) mass is 349 g/mol. The van der Waals surface area contributed by atoms with E-state index in [1.54, 1.807) is 0 Å². The van der Waals surface area contributed by atoms with Gasteiger partial charge in [-0.25, -0.2) is 0 Å². The molecule has 0 saturated heterocycles. The van der Waals surface area contributed by atoms with Crippen molar-refractivity contribution in [3.05, 3.63) is 103 Å². The highest BCUT2D eigenvalue weighted by atomic mass is 16.5. The molecule has 0 radical (unpaired) electrons. The number of benzene rings is 3. The van der Waals surface area contributed by atoms with Crippen LogP contribution in [-0.2, 0) is 0 Å². The van der Waals surface area contributed by atoms with Crippen molar-refractivity contribution in [3.8, 4) is 22.6 Å². The van der Waals surface area contributed by atoms with Crippen LogP contribution < -0.4 is 4.74 Å². The molecule has 130 valence electrons. The Morgan fingerprint density at radius 2 is 1.48 bits per heavy atom. The molecule has 0 spiro atoms. The number of ether oxygens (including phenoxy) is 1. The number of hydrogen-bond donors (Lipinski definition) is 0. The molecular weight excluding hydrogens is 330 g/mol. The Morgan fingerprint density at radius 3 is 2.37 bits per heavy atom. The van der Waals surface area contributed by atoms with Crippen LogP contribution in [0.3, 0.4) is 0 Å². The van der Waals surface area contributed by atoms with Crippen molar-refractivity contribution in [1.82, 2.24) is 4.40 Å². The first kappa shape index (κ1) is 15.7. The van der Waals surface area contributed by atoms with E-state index in [1.165, 1.54) is 27.5 Å². The van der Waals surface area contributed by atoms with E-state index in [0.29, 0.717) is 0 Å². The average Bonchev–Trinajstić information content (AvgIpc) is 3.04. The van der Waals surface area contributed by atoms with Gasteiger partial charge in [0, 0.05) is 24.0 Å². The summed E-state index contributed by atoms with van der Waals surface area (Å²) in [5.41, 5.74) is 4.93. The molecule has 0 aliphatic rings. The Labute approximate surface area is 158 Å². The standard InChI is InChI=1S/C25H19NO/c1-18-24(23-13-7-9-19-8-5-6-12-22(19)23)17-26-15-14-21(16-25(18)26)27-20-10-3-2-4-11-20/h2-17H,1H3. The fraction of sp³-hybridized carbons (Fsp3) is 0.0400. The molecule has 0 aliphatic heterocycles. The summed E-state index contributed by atoms with van der Waals surface area (Å²) < 4.78 is 8.18. The lowest BCUT2D eigenvalue weighted by Gasteiger charge is -2.07. The van der Waals surface area contributed by atoms with Crippen molar-refractivity contribution in [1.29, 1.82) is 0 Å². The highest BCUT2D eigenvalue weighted by Gasteiger charge is 2.12. The van der Waals surface area contributed by atoms with Gasteiger partial charge in [-0.15, -0.1) is 0 Å². The Morgan fingerprint density at radius 1 is 0.704 bits per heavy atom. The van der Waals surface area contributed by atoms with Gasteiger partial charge in [-0.05, 0) is 47.0 Å². The van der Waals surface area contributed by atoms with Gasteiger partial charge in [-0.2, -0.15) is 0 Å². The van der Waals surface area contributed by atoms with Crippen LogP contribution in [-0.4, -0.2) is 4.40 Å². The van der Waals surface area contributed by atoms with Crippen LogP contribution in [0.15, 0.2) is 97.3 Å². The summed E-state index contributed by atoms with van der Waals surface area (Å²) in [6.07, 6.45) is 4.27.